The summed E-state index contributed by atoms with van der Waals surface area (Å²) < 4.78 is 18.9. The molecule has 0 aliphatic carbocycles. The minimum atomic E-state index is -0.306. The van der Waals surface area contributed by atoms with Crippen LogP contribution >= 0.6 is 24.0 Å². The second-order valence-corrected chi connectivity index (χ2v) is 7.52. The lowest BCUT2D eigenvalue weighted by molar-refractivity contribution is 0.172. The number of methoxy groups -OCH3 is 1. The average molecular weight is 541 g/mol. The van der Waals surface area contributed by atoms with E-state index in [0.717, 1.165) is 63.8 Å². The van der Waals surface area contributed by atoms with Gasteiger partial charge >= 0.3 is 0 Å². The predicted octanol–water partition coefficient (Wildman–Crippen LogP) is 3.48. The Kier molecular flexibility index (Phi) is 10.5. The third-order valence-corrected chi connectivity index (χ3v) is 5.41. The number of halogens is 2. The minimum absolute atomic E-state index is 0. The van der Waals surface area contributed by atoms with Gasteiger partial charge in [-0.15, -0.1) is 24.0 Å². The smallest absolute Gasteiger partial charge is 0.194 e. The molecule has 0 amide bonds. The van der Waals surface area contributed by atoms with Crippen molar-refractivity contribution in [2.45, 2.75) is 26.8 Å². The van der Waals surface area contributed by atoms with Gasteiger partial charge in [0.15, 0.2) is 17.5 Å². The van der Waals surface area contributed by atoms with Gasteiger partial charge in [0, 0.05) is 58.2 Å². The molecule has 2 heterocycles. The van der Waals surface area contributed by atoms with E-state index in [4.69, 9.17) is 9.73 Å². The molecule has 6 nitrogen and oxygen atoms in total. The Balaban J connectivity index is 0.00000341. The molecule has 0 radical (unpaired) electrons. The lowest BCUT2D eigenvalue weighted by Gasteiger charge is -2.36. The molecule has 2 aromatic rings. The highest BCUT2D eigenvalue weighted by Crippen LogP contribution is 2.19. The first-order valence-corrected chi connectivity index (χ1v) is 10.6. The van der Waals surface area contributed by atoms with Crippen molar-refractivity contribution in [3.8, 4) is 5.75 Å². The van der Waals surface area contributed by atoms with Crippen molar-refractivity contribution in [1.29, 1.82) is 0 Å². The van der Waals surface area contributed by atoms with Crippen molar-refractivity contribution in [3.63, 3.8) is 0 Å². The lowest BCUT2D eigenvalue weighted by atomic mass is 10.1. The van der Waals surface area contributed by atoms with E-state index in [9.17, 15) is 4.39 Å². The summed E-state index contributed by atoms with van der Waals surface area (Å²) in [5.41, 5.74) is 3.47. The molecule has 31 heavy (non-hydrogen) atoms. The van der Waals surface area contributed by atoms with Gasteiger partial charge in [0.05, 0.1) is 7.11 Å². The molecule has 1 aliphatic heterocycles. The van der Waals surface area contributed by atoms with Crippen LogP contribution in [0.4, 0.5) is 4.39 Å². The summed E-state index contributed by atoms with van der Waals surface area (Å²) in [6, 6.07) is 7.26. The number of ether oxygens (including phenoxy) is 1. The maximum absolute atomic E-state index is 13.9. The maximum Gasteiger partial charge on any atom is 0.194 e. The van der Waals surface area contributed by atoms with E-state index in [2.05, 4.69) is 40.0 Å². The zero-order chi connectivity index (χ0) is 21.3. The number of rotatable bonds is 7. The zero-order valence-corrected chi connectivity index (χ0v) is 20.9. The van der Waals surface area contributed by atoms with E-state index in [1.54, 1.807) is 12.1 Å². The Bertz CT molecular complexity index is 856. The van der Waals surface area contributed by atoms with Gasteiger partial charge in [-0.25, -0.2) is 4.39 Å². The van der Waals surface area contributed by atoms with Gasteiger partial charge in [-0.1, -0.05) is 6.07 Å². The molecule has 170 valence electrons. The van der Waals surface area contributed by atoms with Gasteiger partial charge in [0.1, 0.15) is 0 Å². The highest BCUT2D eigenvalue weighted by atomic mass is 127. The summed E-state index contributed by atoms with van der Waals surface area (Å²) in [5, 5.41) is 3.42. The molecule has 1 aliphatic rings. The average Bonchev–Trinajstić information content (AvgIpc) is 2.75. The Morgan fingerprint density at radius 1 is 1.23 bits per heavy atom. The van der Waals surface area contributed by atoms with Crippen LogP contribution in [0.15, 0.2) is 41.7 Å². The third kappa shape index (κ3) is 7.31. The molecule has 1 saturated heterocycles. The molecule has 1 N–H and O–H groups in total. The predicted molar refractivity (Wildman–Crippen MR) is 134 cm³/mol. The van der Waals surface area contributed by atoms with Crippen LogP contribution in [0, 0.1) is 12.7 Å². The Labute approximate surface area is 201 Å². The summed E-state index contributed by atoms with van der Waals surface area (Å²) in [4.78, 5) is 13.7. The Morgan fingerprint density at radius 3 is 2.65 bits per heavy atom. The SMILES string of the molecule is CCNC(=NCCc1ccncc1C)N1CCN(Cc2ccc(OC)c(F)c2)CC1.I. The van der Waals surface area contributed by atoms with Crippen molar-refractivity contribution >= 4 is 29.9 Å². The summed E-state index contributed by atoms with van der Waals surface area (Å²) in [5.74, 6) is 0.955. The first-order valence-electron chi connectivity index (χ1n) is 10.6. The van der Waals surface area contributed by atoms with Crippen LogP contribution in [-0.2, 0) is 13.0 Å². The normalized spacial score (nSPS) is 14.8. The Hall–Kier alpha value is -1.94. The van der Waals surface area contributed by atoms with E-state index >= 15 is 0 Å². The fraction of sp³-hybridized carbons (Fsp3) is 0.478. The lowest BCUT2D eigenvalue weighted by Crippen LogP contribution is -2.52. The van der Waals surface area contributed by atoms with Crippen LogP contribution in [-0.4, -0.2) is 67.1 Å². The molecule has 3 rings (SSSR count). The van der Waals surface area contributed by atoms with Gasteiger partial charge in [0.2, 0.25) is 0 Å². The second-order valence-electron chi connectivity index (χ2n) is 7.52. The number of benzene rings is 1. The monoisotopic (exact) mass is 541 g/mol. The number of nitrogens with one attached hydrogen (secondary N) is 1. The minimum Gasteiger partial charge on any atom is -0.494 e. The standard InChI is InChI=1S/C23H32FN5O.HI/c1-4-26-23(27-10-8-20-7-9-25-16-18(20)2)29-13-11-28(12-14-29)17-19-5-6-22(30-3)21(24)15-19;/h5-7,9,15-16H,4,8,10-14,17H2,1-3H3,(H,26,27);1H. The van der Waals surface area contributed by atoms with Gasteiger partial charge in [-0.2, -0.15) is 0 Å². The summed E-state index contributed by atoms with van der Waals surface area (Å²) >= 11 is 0. The maximum atomic E-state index is 13.9. The zero-order valence-electron chi connectivity index (χ0n) is 18.6. The van der Waals surface area contributed by atoms with Crippen molar-refractivity contribution in [3.05, 3.63) is 59.2 Å². The number of hydrogen-bond donors (Lipinski definition) is 1. The molecule has 0 unspecified atom stereocenters. The van der Waals surface area contributed by atoms with Crippen molar-refractivity contribution < 1.29 is 9.13 Å². The number of nitrogens with zero attached hydrogens (tertiary/aromatic N) is 4. The topological polar surface area (TPSA) is 53.0 Å². The fourth-order valence-electron chi connectivity index (χ4n) is 3.68. The summed E-state index contributed by atoms with van der Waals surface area (Å²) in [7, 11) is 1.49. The molecule has 0 bridgehead atoms. The third-order valence-electron chi connectivity index (χ3n) is 5.41. The largest absolute Gasteiger partial charge is 0.494 e. The molecule has 1 fully saturated rings. The molecular formula is C23H33FIN5O. The van der Waals surface area contributed by atoms with Crippen LogP contribution in [0.2, 0.25) is 0 Å². The number of guanidine groups is 1. The van der Waals surface area contributed by atoms with Gasteiger partial charge in [-0.3, -0.25) is 14.9 Å². The van der Waals surface area contributed by atoms with Crippen molar-refractivity contribution in [2.75, 3.05) is 46.4 Å². The number of aliphatic imine (C=N–C) groups is 1. The first-order chi connectivity index (χ1) is 14.6. The summed E-state index contributed by atoms with van der Waals surface area (Å²) in [6.45, 7) is 10.2. The molecule has 0 spiro atoms. The summed E-state index contributed by atoms with van der Waals surface area (Å²) in [6.07, 6.45) is 4.65. The highest BCUT2D eigenvalue weighted by Gasteiger charge is 2.20. The first kappa shape index (κ1) is 25.3. The van der Waals surface area contributed by atoms with Gasteiger partial charge < -0.3 is 15.0 Å². The van der Waals surface area contributed by atoms with Crippen LogP contribution in [0.3, 0.4) is 0 Å². The number of pyridine rings is 1. The van der Waals surface area contributed by atoms with Gasteiger partial charge in [0.25, 0.3) is 0 Å². The van der Waals surface area contributed by atoms with Crippen LogP contribution in [0.5, 0.6) is 5.75 Å². The molecular weight excluding hydrogens is 508 g/mol. The highest BCUT2D eigenvalue weighted by molar-refractivity contribution is 14.0. The molecule has 1 aromatic carbocycles. The van der Waals surface area contributed by atoms with Crippen molar-refractivity contribution in [1.82, 2.24) is 20.1 Å². The van der Waals surface area contributed by atoms with Crippen molar-refractivity contribution in [2.24, 2.45) is 4.99 Å². The fourth-order valence-corrected chi connectivity index (χ4v) is 3.68. The van der Waals surface area contributed by atoms with Crippen LogP contribution in [0.25, 0.3) is 0 Å². The molecule has 8 heteroatoms. The van der Waals surface area contributed by atoms with Gasteiger partial charge in [-0.05, 0) is 55.2 Å². The molecule has 0 saturated carbocycles. The van der Waals surface area contributed by atoms with E-state index in [-0.39, 0.29) is 35.5 Å². The molecule has 0 atom stereocenters. The molecule has 1 aromatic heterocycles. The quantitative estimate of drug-likeness (QED) is 0.331. The number of hydrogen-bond acceptors (Lipinski definition) is 4. The van der Waals surface area contributed by atoms with E-state index < -0.39 is 0 Å². The second kappa shape index (κ2) is 12.8. The van der Waals surface area contributed by atoms with Crippen LogP contribution < -0.4 is 10.1 Å². The Morgan fingerprint density at radius 2 is 2.00 bits per heavy atom. The number of piperazine rings is 1. The number of aryl methyl sites for hydroxylation is 1. The van der Waals surface area contributed by atoms with Crippen LogP contribution in [0.1, 0.15) is 23.6 Å². The van der Waals surface area contributed by atoms with E-state index in [1.165, 1.54) is 18.2 Å². The van der Waals surface area contributed by atoms with E-state index in [0.29, 0.717) is 0 Å². The van der Waals surface area contributed by atoms with E-state index in [1.807, 2.05) is 18.5 Å². The number of aromatic nitrogens is 1.